The Hall–Kier alpha value is -3.96. The fraction of sp³-hybridized carbons (Fsp3) is 0.394. The van der Waals surface area contributed by atoms with Crippen LogP contribution in [0.3, 0.4) is 0 Å². The molecule has 2 atom stereocenters. The van der Waals surface area contributed by atoms with Crippen molar-refractivity contribution in [3.8, 4) is 17.2 Å². The lowest BCUT2D eigenvalue weighted by molar-refractivity contribution is -0.140. The van der Waals surface area contributed by atoms with E-state index in [4.69, 9.17) is 25.8 Å². The number of halogens is 1. The molecular formula is C33H42ClN3O7S. The quantitative estimate of drug-likeness (QED) is 0.211. The molecule has 0 unspecified atom stereocenters. The Bertz CT molecular complexity index is 1530. The van der Waals surface area contributed by atoms with E-state index in [1.54, 1.807) is 48.5 Å². The van der Waals surface area contributed by atoms with Crippen LogP contribution in [0.4, 0.5) is 5.69 Å². The lowest BCUT2D eigenvalue weighted by atomic mass is 10.1. The van der Waals surface area contributed by atoms with Crippen molar-refractivity contribution in [1.29, 1.82) is 0 Å². The molecule has 3 aromatic rings. The Morgan fingerprint density at radius 1 is 0.889 bits per heavy atom. The van der Waals surface area contributed by atoms with Crippen LogP contribution in [0.1, 0.15) is 46.1 Å². The van der Waals surface area contributed by atoms with Gasteiger partial charge in [0.25, 0.3) is 10.0 Å². The summed E-state index contributed by atoms with van der Waals surface area (Å²) in [6.45, 7) is 7.42. The fourth-order valence-electron chi connectivity index (χ4n) is 4.66. The molecule has 0 bridgehead atoms. The third kappa shape index (κ3) is 9.04. The summed E-state index contributed by atoms with van der Waals surface area (Å²) >= 11 is 6.10. The van der Waals surface area contributed by atoms with Crippen LogP contribution in [0.25, 0.3) is 0 Å². The predicted molar refractivity (Wildman–Crippen MR) is 176 cm³/mol. The van der Waals surface area contributed by atoms with E-state index in [0.29, 0.717) is 36.0 Å². The van der Waals surface area contributed by atoms with Gasteiger partial charge in [0.15, 0.2) is 11.5 Å². The van der Waals surface area contributed by atoms with Crippen LogP contribution < -0.4 is 23.8 Å². The molecule has 12 heteroatoms. The zero-order chi connectivity index (χ0) is 33.1. The van der Waals surface area contributed by atoms with E-state index >= 15 is 0 Å². The number of sulfonamides is 1. The lowest BCUT2D eigenvalue weighted by Gasteiger charge is -2.33. The number of ether oxygens (including phenoxy) is 3. The number of nitrogens with one attached hydrogen (secondary N) is 1. The smallest absolute Gasteiger partial charge is 0.264 e. The number of amides is 2. The van der Waals surface area contributed by atoms with E-state index in [9.17, 15) is 18.0 Å². The zero-order valence-electron chi connectivity index (χ0n) is 26.6. The van der Waals surface area contributed by atoms with Crippen LogP contribution in [0, 0.1) is 0 Å². The molecule has 0 saturated carbocycles. The van der Waals surface area contributed by atoms with E-state index in [2.05, 4.69) is 5.32 Å². The zero-order valence-corrected chi connectivity index (χ0v) is 28.2. The second-order valence-corrected chi connectivity index (χ2v) is 12.6. The van der Waals surface area contributed by atoms with E-state index in [1.807, 2.05) is 27.7 Å². The first kappa shape index (κ1) is 35.5. The molecule has 0 saturated heterocycles. The van der Waals surface area contributed by atoms with Gasteiger partial charge in [-0.15, -0.1) is 0 Å². The highest BCUT2D eigenvalue weighted by atomic mass is 35.5. The number of hydrogen-bond acceptors (Lipinski definition) is 7. The molecule has 0 aliphatic rings. The Labute approximate surface area is 271 Å². The second kappa shape index (κ2) is 16.4. The van der Waals surface area contributed by atoms with Crippen molar-refractivity contribution in [1.82, 2.24) is 10.2 Å². The normalized spacial score (nSPS) is 12.5. The molecule has 0 spiro atoms. The van der Waals surface area contributed by atoms with Crippen molar-refractivity contribution < 1.29 is 32.2 Å². The summed E-state index contributed by atoms with van der Waals surface area (Å²) < 4.78 is 45.7. The van der Waals surface area contributed by atoms with Crippen molar-refractivity contribution >= 4 is 39.1 Å². The fourth-order valence-corrected chi connectivity index (χ4v) is 6.21. The van der Waals surface area contributed by atoms with Crippen molar-refractivity contribution in [3.05, 3.63) is 77.3 Å². The standard InChI is InChI=1S/C33H42ClN3O7S/c1-7-23(4)35-33(39)29(8-2)36(21-24-10-12-25(34)13-11-24)32(38)22-37(26-14-16-27(17-15-26)44-9-3)45(40,41)28-18-19-30(42-5)31(20-28)43-6/h10-20,23,29H,7-9,21-22H2,1-6H3,(H,35,39)/t23-,29-/m0/s1. The molecular weight excluding hydrogens is 618 g/mol. The molecule has 0 radical (unpaired) electrons. The monoisotopic (exact) mass is 659 g/mol. The first-order chi connectivity index (χ1) is 21.5. The van der Waals surface area contributed by atoms with E-state index in [-0.39, 0.29) is 34.8 Å². The van der Waals surface area contributed by atoms with Crippen LogP contribution in [-0.2, 0) is 26.2 Å². The Morgan fingerprint density at radius 3 is 2.09 bits per heavy atom. The van der Waals surface area contributed by atoms with Crippen LogP contribution in [0.2, 0.25) is 5.02 Å². The van der Waals surface area contributed by atoms with E-state index in [0.717, 1.165) is 9.87 Å². The third-order valence-electron chi connectivity index (χ3n) is 7.31. The largest absolute Gasteiger partial charge is 0.494 e. The average molecular weight is 660 g/mol. The number of rotatable bonds is 16. The van der Waals surface area contributed by atoms with Gasteiger partial charge >= 0.3 is 0 Å². The Kier molecular flexibility index (Phi) is 12.9. The summed E-state index contributed by atoms with van der Waals surface area (Å²) in [5.74, 6) is 0.243. The average Bonchev–Trinajstić information content (AvgIpc) is 3.04. The van der Waals surface area contributed by atoms with Gasteiger partial charge in [-0.3, -0.25) is 13.9 Å². The maximum absolute atomic E-state index is 14.3. The first-order valence-electron chi connectivity index (χ1n) is 14.8. The maximum Gasteiger partial charge on any atom is 0.264 e. The van der Waals surface area contributed by atoms with Crippen molar-refractivity contribution in [3.63, 3.8) is 0 Å². The Balaban J connectivity index is 2.11. The van der Waals surface area contributed by atoms with Gasteiger partial charge in [0.1, 0.15) is 18.3 Å². The molecule has 3 rings (SSSR count). The van der Waals surface area contributed by atoms with Gasteiger partial charge < -0.3 is 24.4 Å². The maximum atomic E-state index is 14.3. The SMILES string of the molecule is CCOc1ccc(N(CC(=O)N(Cc2ccc(Cl)cc2)[C@@H](CC)C(=O)N[C@@H](C)CC)S(=O)(=O)c2ccc(OC)c(OC)c2)cc1. The van der Waals surface area contributed by atoms with Crippen LogP contribution in [-0.4, -0.2) is 64.6 Å². The molecule has 0 aliphatic carbocycles. The molecule has 3 aromatic carbocycles. The summed E-state index contributed by atoms with van der Waals surface area (Å²) in [5, 5.41) is 3.50. The summed E-state index contributed by atoms with van der Waals surface area (Å²) in [5.41, 5.74) is 0.975. The van der Waals surface area contributed by atoms with Crippen LogP contribution in [0.5, 0.6) is 17.2 Å². The number of carbonyl (C=O) groups is 2. The minimum Gasteiger partial charge on any atom is -0.494 e. The van der Waals surface area contributed by atoms with Gasteiger partial charge in [-0.1, -0.05) is 37.6 Å². The summed E-state index contributed by atoms with van der Waals surface area (Å²) in [4.78, 5) is 29.0. The third-order valence-corrected chi connectivity index (χ3v) is 9.33. The lowest BCUT2D eigenvalue weighted by Crippen LogP contribution is -2.53. The first-order valence-corrected chi connectivity index (χ1v) is 16.6. The number of carbonyl (C=O) groups excluding carboxylic acids is 2. The molecule has 45 heavy (non-hydrogen) atoms. The van der Waals surface area contributed by atoms with Gasteiger partial charge in [0.2, 0.25) is 11.8 Å². The van der Waals surface area contributed by atoms with E-state index in [1.165, 1.54) is 37.3 Å². The minimum atomic E-state index is -4.33. The second-order valence-electron chi connectivity index (χ2n) is 10.3. The molecule has 0 heterocycles. The van der Waals surface area contributed by atoms with Crippen molar-refractivity contribution in [2.24, 2.45) is 0 Å². The van der Waals surface area contributed by atoms with Crippen molar-refractivity contribution in [2.75, 3.05) is 31.7 Å². The van der Waals surface area contributed by atoms with Crippen LogP contribution in [0.15, 0.2) is 71.6 Å². The molecule has 2 amide bonds. The minimum absolute atomic E-state index is 0.0654. The molecule has 0 fully saturated rings. The number of methoxy groups -OCH3 is 2. The highest BCUT2D eigenvalue weighted by Gasteiger charge is 2.34. The number of hydrogen-bond donors (Lipinski definition) is 1. The number of nitrogens with zero attached hydrogens (tertiary/aromatic N) is 2. The molecule has 10 nitrogen and oxygen atoms in total. The molecule has 244 valence electrons. The predicted octanol–water partition coefficient (Wildman–Crippen LogP) is 5.67. The highest BCUT2D eigenvalue weighted by Crippen LogP contribution is 2.33. The molecule has 0 aliphatic heterocycles. The van der Waals surface area contributed by atoms with Crippen LogP contribution >= 0.6 is 11.6 Å². The van der Waals surface area contributed by atoms with E-state index < -0.39 is 28.5 Å². The Morgan fingerprint density at radius 2 is 1.53 bits per heavy atom. The highest BCUT2D eigenvalue weighted by molar-refractivity contribution is 7.92. The van der Waals surface area contributed by atoms with Gasteiger partial charge in [-0.25, -0.2) is 8.42 Å². The summed E-state index contributed by atoms with van der Waals surface area (Å²) in [6, 6.07) is 16.6. The number of benzene rings is 3. The van der Waals surface area contributed by atoms with Crippen molar-refractivity contribution in [2.45, 2.75) is 64.1 Å². The van der Waals surface area contributed by atoms with Gasteiger partial charge in [-0.05, 0) is 80.8 Å². The molecule has 1 N–H and O–H groups in total. The van der Waals surface area contributed by atoms with Gasteiger partial charge in [0.05, 0.1) is 31.4 Å². The number of anilines is 1. The molecule has 0 aromatic heterocycles. The van der Waals surface area contributed by atoms with Gasteiger partial charge in [0, 0.05) is 23.7 Å². The van der Waals surface area contributed by atoms with Gasteiger partial charge in [-0.2, -0.15) is 0 Å². The topological polar surface area (TPSA) is 114 Å². The summed E-state index contributed by atoms with van der Waals surface area (Å²) in [7, 11) is -1.47. The summed E-state index contributed by atoms with van der Waals surface area (Å²) in [6.07, 6.45) is 1.02.